The van der Waals surface area contributed by atoms with E-state index in [1.807, 2.05) is 0 Å². The van der Waals surface area contributed by atoms with Gasteiger partial charge >= 0.3 is 5.97 Å². The van der Waals surface area contributed by atoms with Gasteiger partial charge in [-0.2, -0.15) is 0 Å². The fourth-order valence-electron chi connectivity index (χ4n) is 1.99. The SMILES string of the molecule is Cc1nc(C(C)NC(=O)c2cccc(F)c2C)sc1C(=O)O. The lowest BCUT2D eigenvalue weighted by molar-refractivity contribution is 0.0701. The Kier molecular flexibility index (Phi) is 4.56. The maximum absolute atomic E-state index is 13.5. The Morgan fingerprint density at radius 1 is 1.36 bits per heavy atom. The highest BCUT2D eigenvalue weighted by atomic mass is 32.1. The van der Waals surface area contributed by atoms with Gasteiger partial charge in [0.05, 0.1) is 11.7 Å². The van der Waals surface area contributed by atoms with Crippen molar-refractivity contribution in [3.8, 4) is 0 Å². The number of carbonyl (C=O) groups excluding carboxylic acids is 1. The van der Waals surface area contributed by atoms with Crippen LogP contribution in [0.25, 0.3) is 0 Å². The Bertz CT molecular complexity index is 742. The molecule has 0 spiro atoms. The number of carboxylic acids is 1. The third-order valence-corrected chi connectivity index (χ3v) is 4.57. The van der Waals surface area contributed by atoms with Crippen LogP contribution in [-0.2, 0) is 0 Å². The Morgan fingerprint density at radius 3 is 2.64 bits per heavy atom. The first kappa shape index (κ1) is 16.1. The van der Waals surface area contributed by atoms with Crippen LogP contribution < -0.4 is 5.32 Å². The quantitative estimate of drug-likeness (QED) is 0.906. The molecule has 0 saturated carbocycles. The summed E-state index contributed by atoms with van der Waals surface area (Å²) in [6.45, 7) is 4.84. The molecule has 1 aromatic carbocycles. The molecule has 1 heterocycles. The van der Waals surface area contributed by atoms with Crippen LogP contribution in [0.4, 0.5) is 4.39 Å². The van der Waals surface area contributed by atoms with E-state index >= 15 is 0 Å². The lowest BCUT2D eigenvalue weighted by Gasteiger charge is -2.12. The number of carboxylic acid groups (broad SMARTS) is 1. The Labute approximate surface area is 130 Å². The van der Waals surface area contributed by atoms with Crippen molar-refractivity contribution in [1.29, 1.82) is 0 Å². The number of benzene rings is 1. The Hall–Kier alpha value is -2.28. The number of thiazole rings is 1. The third kappa shape index (κ3) is 3.14. The summed E-state index contributed by atoms with van der Waals surface area (Å²) < 4.78 is 13.5. The van der Waals surface area contributed by atoms with Gasteiger partial charge in [0.25, 0.3) is 5.91 Å². The second-order valence-electron chi connectivity index (χ2n) is 4.88. The van der Waals surface area contributed by atoms with E-state index in [0.717, 1.165) is 11.3 Å². The number of nitrogens with zero attached hydrogens (tertiary/aromatic N) is 1. The number of aromatic nitrogens is 1. The average Bonchev–Trinajstić information content (AvgIpc) is 2.84. The smallest absolute Gasteiger partial charge is 0.347 e. The number of hydrogen-bond acceptors (Lipinski definition) is 4. The number of amides is 1. The zero-order chi connectivity index (χ0) is 16.4. The number of nitrogens with one attached hydrogen (secondary N) is 1. The predicted molar refractivity (Wildman–Crippen MR) is 80.8 cm³/mol. The molecule has 2 rings (SSSR count). The Balaban J connectivity index is 2.19. The topological polar surface area (TPSA) is 79.3 Å². The molecule has 2 aromatic rings. The number of aryl methyl sites for hydroxylation is 1. The molecule has 0 bridgehead atoms. The van der Waals surface area contributed by atoms with Crippen molar-refractivity contribution < 1.29 is 19.1 Å². The van der Waals surface area contributed by atoms with Gasteiger partial charge in [0.2, 0.25) is 0 Å². The van der Waals surface area contributed by atoms with Crippen LogP contribution in [0.1, 0.15) is 49.3 Å². The van der Waals surface area contributed by atoms with Gasteiger partial charge in [0.1, 0.15) is 15.7 Å². The average molecular weight is 322 g/mol. The number of aromatic carboxylic acids is 1. The van der Waals surface area contributed by atoms with Crippen molar-refractivity contribution in [2.45, 2.75) is 26.8 Å². The zero-order valence-corrected chi connectivity index (χ0v) is 13.1. The summed E-state index contributed by atoms with van der Waals surface area (Å²) in [5, 5.41) is 12.2. The first-order chi connectivity index (χ1) is 10.3. The maximum Gasteiger partial charge on any atom is 0.347 e. The molecule has 0 saturated heterocycles. The molecule has 116 valence electrons. The summed E-state index contributed by atoms with van der Waals surface area (Å²) >= 11 is 1.02. The summed E-state index contributed by atoms with van der Waals surface area (Å²) in [6, 6.07) is 3.83. The van der Waals surface area contributed by atoms with Crippen molar-refractivity contribution in [2.24, 2.45) is 0 Å². The fraction of sp³-hybridized carbons (Fsp3) is 0.267. The molecule has 1 aromatic heterocycles. The van der Waals surface area contributed by atoms with Crippen molar-refractivity contribution in [2.75, 3.05) is 0 Å². The zero-order valence-electron chi connectivity index (χ0n) is 12.3. The van der Waals surface area contributed by atoms with Crippen LogP contribution in [0.15, 0.2) is 18.2 Å². The molecule has 0 radical (unpaired) electrons. The molecule has 1 unspecified atom stereocenters. The standard InChI is InChI=1S/C15H15FN2O3S/c1-7-10(5-4-6-11(7)16)13(19)17-9(3)14-18-8(2)12(22-14)15(20)21/h4-6,9H,1-3H3,(H,17,19)(H,20,21). The minimum absolute atomic E-state index is 0.151. The van der Waals surface area contributed by atoms with E-state index in [4.69, 9.17) is 5.11 Å². The van der Waals surface area contributed by atoms with Crippen molar-refractivity contribution in [3.05, 3.63) is 50.7 Å². The van der Waals surface area contributed by atoms with Crippen LogP contribution in [0.3, 0.4) is 0 Å². The predicted octanol–water partition coefficient (Wildman–Crippen LogP) is 3.09. The Morgan fingerprint density at radius 2 is 2.05 bits per heavy atom. The largest absolute Gasteiger partial charge is 0.477 e. The minimum atomic E-state index is -1.04. The van der Waals surface area contributed by atoms with E-state index in [-0.39, 0.29) is 16.0 Å². The number of carbonyl (C=O) groups is 2. The molecule has 0 aliphatic rings. The van der Waals surface area contributed by atoms with Crippen LogP contribution in [-0.4, -0.2) is 22.0 Å². The summed E-state index contributed by atoms with van der Waals surface area (Å²) in [7, 11) is 0. The molecule has 0 fully saturated rings. The summed E-state index contributed by atoms with van der Waals surface area (Å²) in [5.41, 5.74) is 0.933. The highest BCUT2D eigenvalue weighted by Gasteiger charge is 2.20. The van der Waals surface area contributed by atoms with Gasteiger partial charge in [0.15, 0.2) is 0 Å². The van der Waals surface area contributed by atoms with Gasteiger partial charge in [0, 0.05) is 5.56 Å². The van der Waals surface area contributed by atoms with Crippen LogP contribution >= 0.6 is 11.3 Å². The highest BCUT2D eigenvalue weighted by molar-refractivity contribution is 7.13. The van der Waals surface area contributed by atoms with Crippen LogP contribution in [0.5, 0.6) is 0 Å². The second kappa shape index (κ2) is 6.23. The van der Waals surface area contributed by atoms with E-state index < -0.39 is 23.7 Å². The van der Waals surface area contributed by atoms with Gasteiger partial charge in [-0.3, -0.25) is 4.79 Å². The van der Waals surface area contributed by atoms with E-state index in [0.29, 0.717) is 10.7 Å². The van der Waals surface area contributed by atoms with Crippen LogP contribution in [0.2, 0.25) is 0 Å². The third-order valence-electron chi connectivity index (χ3n) is 3.24. The molecule has 0 aliphatic carbocycles. The lowest BCUT2D eigenvalue weighted by atomic mass is 10.1. The van der Waals surface area contributed by atoms with Crippen molar-refractivity contribution in [3.63, 3.8) is 0 Å². The van der Waals surface area contributed by atoms with Crippen molar-refractivity contribution in [1.82, 2.24) is 10.3 Å². The van der Waals surface area contributed by atoms with E-state index in [2.05, 4.69) is 10.3 Å². The number of halogens is 1. The molecule has 7 heteroatoms. The van der Waals surface area contributed by atoms with Crippen LogP contribution in [0, 0.1) is 19.7 Å². The molecular formula is C15H15FN2O3S. The summed E-state index contributed by atoms with van der Waals surface area (Å²) in [5.74, 6) is -1.91. The molecule has 1 atom stereocenters. The molecule has 22 heavy (non-hydrogen) atoms. The second-order valence-corrected chi connectivity index (χ2v) is 5.91. The molecule has 0 aliphatic heterocycles. The van der Waals surface area contributed by atoms with E-state index in [1.165, 1.54) is 25.1 Å². The first-order valence-corrected chi connectivity index (χ1v) is 7.39. The lowest BCUT2D eigenvalue weighted by Crippen LogP contribution is -2.27. The summed E-state index contributed by atoms with van der Waals surface area (Å²) in [6.07, 6.45) is 0. The van der Waals surface area contributed by atoms with Gasteiger partial charge in [-0.1, -0.05) is 6.07 Å². The molecule has 1 amide bonds. The molecule has 5 nitrogen and oxygen atoms in total. The summed E-state index contributed by atoms with van der Waals surface area (Å²) in [4.78, 5) is 27.6. The molecule has 2 N–H and O–H groups in total. The maximum atomic E-state index is 13.5. The number of hydrogen-bond donors (Lipinski definition) is 2. The minimum Gasteiger partial charge on any atom is -0.477 e. The van der Waals surface area contributed by atoms with Gasteiger partial charge in [-0.15, -0.1) is 11.3 Å². The van der Waals surface area contributed by atoms with Gasteiger partial charge < -0.3 is 10.4 Å². The van der Waals surface area contributed by atoms with Crippen molar-refractivity contribution >= 4 is 23.2 Å². The highest BCUT2D eigenvalue weighted by Crippen LogP contribution is 2.24. The normalized spacial score (nSPS) is 12.0. The van der Waals surface area contributed by atoms with E-state index in [1.54, 1.807) is 13.8 Å². The molecular weight excluding hydrogens is 307 g/mol. The monoisotopic (exact) mass is 322 g/mol. The fourth-order valence-corrected chi connectivity index (χ4v) is 2.90. The van der Waals surface area contributed by atoms with Gasteiger partial charge in [-0.05, 0) is 38.5 Å². The first-order valence-electron chi connectivity index (χ1n) is 6.58. The van der Waals surface area contributed by atoms with E-state index in [9.17, 15) is 14.0 Å². The number of rotatable bonds is 4. The van der Waals surface area contributed by atoms with Gasteiger partial charge in [-0.25, -0.2) is 14.2 Å².